The molecule has 7 heteroatoms. The van der Waals surface area contributed by atoms with Crippen molar-refractivity contribution in [1.82, 2.24) is 4.90 Å². The van der Waals surface area contributed by atoms with E-state index >= 15 is 0 Å². The Bertz CT molecular complexity index is 920. The molecule has 0 spiro atoms. The van der Waals surface area contributed by atoms with Crippen molar-refractivity contribution < 1.29 is 9.59 Å². The maximum absolute atomic E-state index is 13.0. The lowest BCUT2D eigenvalue weighted by Gasteiger charge is -2.31. The maximum atomic E-state index is 13.0. The van der Waals surface area contributed by atoms with Gasteiger partial charge in [0, 0.05) is 23.7 Å². The van der Waals surface area contributed by atoms with E-state index < -0.39 is 5.25 Å². The zero-order chi connectivity index (χ0) is 22.1. The molecule has 1 aliphatic rings. The first-order valence-corrected chi connectivity index (χ1v) is 12.0. The van der Waals surface area contributed by atoms with Crippen LogP contribution in [0.5, 0.6) is 0 Å². The highest BCUT2D eigenvalue weighted by Gasteiger charge is 2.35. The minimum Gasteiger partial charge on any atom is -0.325 e. The molecule has 5 nitrogen and oxygen atoms in total. The summed E-state index contributed by atoms with van der Waals surface area (Å²) >= 11 is 7.36. The number of aliphatic imine (C=N–C) groups is 1. The Morgan fingerprint density at radius 3 is 2.65 bits per heavy atom. The van der Waals surface area contributed by atoms with Gasteiger partial charge in [0.2, 0.25) is 11.8 Å². The predicted molar refractivity (Wildman–Crippen MR) is 130 cm³/mol. The van der Waals surface area contributed by atoms with E-state index in [9.17, 15) is 9.59 Å². The number of carbonyl (C=O) groups excluding carboxylic acids is 2. The summed E-state index contributed by atoms with van der Waals surface area (Å²) < 4.78 is 0. The summed E-state index contributed by atoms with van der Waals surface area (Å²) in [6, 6.07) is 16.5. The van der Waals surface area contributed by atoms with E-state index in [1.54, 1.807) is 29.2 Å². The third kappa shape index (κ3) is 7.11. The Hall–Kier alpha value is -2.31. The molecule has 0 aromatic heterocycles. The first-order valence-electron chi connectivity index (χ1n) is 10.7. The van der Waals surface area contributed by atoms with Crippen molar-refractivity contribution in [1.29, 1.82) is 0 Å². The van der Waals surface area contributed by atoms with Crippen molar-refractivity contribution in [3.8, 4) is 0 Å². The summed E-state index contributed by atoms with van der Waals surface area (Å²) in [5, 5.41) is 3.47. The van der Waals surface area contributed by atoms with Crippen molar-refractivity contribution in [2.45, 2.75) is 50.7 Å². The molecule has 1 heterocycles. The highest BCUT2D eigenvalue weighted by molar-refractivity contribution is 8.15. The molecule has 3 rings (SSSR count). The molecule has 1 aliphatic heterocycles. The Morgan fingerprint density at radius 1 is 1.13 bits per heavy atom. The molecule has 1 N–H and O–H groups in total. The van der Waals surface area contributed by atoms with Crippen LogP contribution in [0.4, 0.5) is 11.4 Å². The maximum Gasteiger partial charge on any atom is 0.238 e. The molecule has 1 unspecified atom stereocenters. The van der Waals surface area contributed by atoms with Gasteiger partial charge in [-0.2, -0.15) is 0 Å². The van der Waals surface area contributed by atoms with Crippen LogP contribution in [0.2, 0.25) is 5.02 Å². The lowest BCUT2D eigenvalue weighted by Crippen LogP contribution is -2.45. The second-order valence-electron chi connectivity index (χ2n) is 7.50. The third-order valence-corrected chi connectivity index (χ3v) is 6.41. The summed E-state index contributed by atoms with van der Waals surface area (Å²) in [4.78, 5) is 32.3. The van der Waals surface area contributed by atoms with Gasteiger partial charge in [0.15, 0.2) is 5.17 Å². The number of thioether (sulfide) groups is 1. The Kier molecular flexibility index (Phi) is 8.98. The first kappa shape index (κ1) is 23.4. The largest absolute Gasteiger partial charge is 0.325 e. The van der Waals surface area contributed by atoms with Gasteiger partial charge < -0.3 is 5.32 Å². The summed E-state index contributed by atoms with van der Waals surface area (Å²) in [7, 11) is 0. The monoisotopic (exact) mass is 457 g/mol. The van der Waals surface area contributed by atoms with Crippen LogP contribution in [-0.4, -0.2) is 33.7 Å². The molecule has 2 aromatic carbocycles. The number of para-hydroxylation sites is 1. The fourth-order valence-electron chi connectivity index (χ4n) is 3.34. The summed E-state index contributed by atoms with van der Waals surface area (Å²) in [6.45, 7) is 2.81. The van der Waals surface area contributed by atoms with Crippen LogP contribution >= 0.6 is 23.4 Å². The third-order valence-electron chi connectivity index (χ3n) is 4.99. The second-order valence-corrected chi connectivity index (χ2v) is 9.11. The molecular formula is C24H28ClN3O2S. The van der Waals surface area contributed by atoms with E-state index in [0.717, 1.165) is 18.5 Å². The van der Waals surface area contributed by atoms with E-state index in [1.807, 2.05) is 30.3 Å². The van der Waals surface area contributed by atoms with Crippen LogP contribution in [-0.2, 0) is 9.59 Å². The van der Waals surface area contributed by atoms with Gasteiger partial charge in [0.05, 0.1) is 5.69 Å². The number of rotatable bonds is 9. The lowest BCUT2D eigenvalue weighted by atomic mass is 10.1. The molecular weight excluding hydrogens is 430 g/mol. The van der Waals surface area contributed by atoms with Crippen molar-refractivity contribution in [3.05, 3.63) is 59.6 Å². The number of nitrogens with zero attached hydrogens (tertiary/aromatic N) is 2. The van der Waals surface area contributed by atoms with Crippen LogP contribution in [0.25, 0.3) is 0 Å². The summed E-state index contributed by atoms with van der Waals surface area (Å²) in [5.41, 5.74) is 1.38. The molecule has 0 saturated carbocycles. The first-order chi connectivity index (χ1) is 15.1. The number of amidine groups is 1. The standard InChI is InChI=1S/C24H28ClN3O2S/c1-2-3-4-5-9-15-28-22(29)17-21(23(30)26-20-14-10-11-18(25)16-20)31-24(28)27-19-12-7-6-8-13-19/h6-8,10-14,16,21H,2-5,9,15,17H2,1H3,(H,26,30). The fourth-order valence-corrected chi connectivity index (χ4v) is 4.65. The van der Waals surface area contributed by atoms with Gasteiger partial charge in [-0.1, -0.05) is 80.2 Å². The van der Waals surface area contributed by atoms with Crippen molar-refractivity contribution in [3.63, 3.8) is 0 Å². The predicted octanol–water partition coefficient (Wildman–Crippen LogP) is 6.27. The summed E-state index contributed by atoms with van der Waals surface area (Å²) in [6.07, 6.45) is 5.72. The number of amides is 2. The minimum atomic E-state index is -0.537. The van der Waals surface area contributed by atoms with Gasteiger partial charge >= 0.3 is 0 Å². The molecule has 0 radical (unpaired) electrons. The fraction of sp³-hybridized carbons (Fsp3) is 0.375. The van der Waals surface area contributed by atoms with E-state index in [4.69, 9.17) is 16.6 Å². The number of hydrogen-bond acceptors (Lipinski definition) is 4. The van der Waals surface area contributed by atoms with Crippen molar-refractivity contribution >= 4 is 51.7 Å². The van der Waals surface area contributed by atoms with E-state index in [0.29, 0.717) is 22.4 Å². The molecule has 0 aliphatic carbocycles. The zero-order valence-corrected chi connectivity index (χ0v) is 19.3. The van der Waals surface area contributed by atoms with Crippen LogP contribution in [0.15, 0.2) is 59.6 Å². The number of benzene rings is 2. The average Bonchev–Trinajstić information content (AvgIpc) is 2.75. The molecule has 0 bridgehead atoms. The quantitative estimate of drug-likeness (QED) is 0.451. The van der Waals surface area contributed by atoms with Gasteiger partial charge in [-0.05, 0) is 36.8 Å². The molecule has 2 aromatic rings. The minimum absolute atomic E-state index is 0.0600. The van der Waals surface area contributed by atoms with Crippen LogP contribution in [0, 0.1) is 0 Å². The normalized spacial score (nSPS) is 17.7. The van der Waals surface area contributed by atoms with Gasteiger partial charge in [-0.25, -0.2) is 4.99 Å². The highest BCUT2D eigenvalue weighted by Crippen LogP contribution is 2.30. The zero-order valence-electron chi connectivity index (χ0n) is 17.7. The average molecular weight is 458 g/mol. The van der Waals surface area contributed by atoms with Gasteiger partial charge in [-0.15, -0.1) is 0 Å². The van der Waals surface area contributed by atoms with Gasteiger partial charge in [0.25, 0.3) is 0 Å². The van der Waals surface area contributed by atoms with Gasteiger partial charge in [0.1, 0.15) is 5.25 Å². The van der Waals surface area contributed by atoms with E-state index in [1.165, 1.54) is 31.0 Å². The van der Waals surface area contributed by atoms with E-state index in [2.05, 4.69) is 12.2 Å². The van der Waals surface area contributed by atoms with E-state index in [-0.39, 0.29) is 18.2 Å². The SMILES string of the molecule is CCCCCCCN1C(=O)CC(C(=O)Nc2cccc(Cl)c2)SC1=Nc1ccccc1. The lowest BCUT2D eigenvalue weighted by molar-refractivity contribution is -0.129. The van der Waals surface area contributed by atoms with Crippen LogP contribution in [0.1, 0.15) is 45.4 Å². The van der Waals surface area contributed by atoms with Crippen LogP contribution < -0.4 is 5.32 Å². The molecule has 1 fully saturated rings. The number of hydrogen-bond donors (Lipinski definition) is 1. The molecule has 31 heavy (non-hydrogen) atoms. The second kappa shape index (κ2) is 11.9. The Morgan fingerprint density at radius 2 is 1.90 bits per heavy atom. The van der Waals surface area contributed by atoms with Crippen LogP contribution in [0.3, 0.4) is 0 Å². The number of carbonyl (C=O) groups is 2. The Labute approximate surface area is 193 Å². The smallest absolute Gasteiger partial charge is 0.238 e. The number of anilines is 1. The molecule has 1 saturated heterocycles. The molecule has 2 amide bonds. The highest BCUT2D eigenvalue weighted by atomic mass is 35.5. The molecule has 164 valence electrons. The Balaban J connectivity index is 1.73. The molecule has 1 atom stereocenters. The summed E-state index contributed by atoms with van der Waals surface area (Å²) in [5.74, 6) is -0.279. The van der Waals surface area contributed by atoms with Crippen molar-refractivity contribution in [2.75, 3.05) is 11.9 Å². The topological polar surface area (TPSA) is 61.8 Å². The van der Waals surface area contributed by atoms with Crippen molar-refractivity contribution in [2.24, 2.45) is 4.99 Å². The number of halogens is 1. The van der Waals surface area contributed by atoms with Gasteiger partial charge in [-0.3, -0.25) is 14.5 Å². The number of nitrogens with one attached hydrogen (secondary N) is 1. The number of unbranched alkanes of at least 4 members (excludes halogenated alkanes) is 4.